The molecule has 1 amide bonds. The maximum atomic E-state index is 12.1. The van der Waals surface area contributed by atoms with Crippen LogP contribution in [0.15, 0.2) is 24.3 Å². The summed E-state index contributed by atoms with van der Waals surface area (Å²) in [5, 5.41) is 6.29. The molecule has 0 radical (unpaired) electrons. The number of nitrogens with zero attached hydrogens (tertiary/aromatic N) is 1. The van der Waals surface area contributed by atoms with Gasteiger partial charge in [0, 0.05) is 42.5 Å². The fraction of sp³-hybridized carbons (Fsp3) is 0.611. The van der Waals surface area contributed by atoms with Gasteiger partial charge >= 0.3 is 0 Å². The van der Waals surface area contributed by atoms with E-state index in [4.69, 9.17) is 0 Å². The minimum absolute atomic E-state index is 0.0187. The summed E-state index contributed by atoms with van der Waals surface area (Å²) in [7, 11) is 0. The summed E-state index contributed by atoms with van der Waals surface area (Å²) in [6.07, 6.45) is 0. The van der Waals surface area contributed by atoms with E-state index in [1.165, 1.54) is 0 Å². The van der Waals surface area contributed by atoms with Crippen molar-refractivity contribution in [2.75, 3.05) is 24.5 Å². The average molecular weight is 305 g/mol. The molecule has 2 N–H and O–H groups in total. The minimum Gasteiger partial charge on any atom is -0.369 e. The Morgan fingerprint density at radius 1 is 1.14 bits per heavy atom. The Labute approximate surface area is 135 Å². The summed E-state index contributed by atoms with van der Waals surface area (Å²) in [4.78, 5) is 14.4. The van der Waals surface area contributed by atoms with E-state index in [2.05, 4.69) is 57.1 Å². The summed E-state index contributed by atoms with van der Waals surface area (Å²) in [5.74, 6) is -0.0187. The lowest BCUT2D eigenvalue weighted by Crippen LogP contribution is -2.41. The lowest BCUT2D eigenvalue weighted by atomic mass is 10.1. The highest BCUT2D eigenvalue weighted by Gasteiger charge is 2.11. The Kier molecular flexibility index (Phi) is 6.88. The zero-order valence-corrected chi connectivity index (χ0v) is 14.9. The van der Waals surface area contributed by atoms with Gasteiger partial charge < -0.3 is 15.5 Å². The largest absolute Gasteiger partial charge is 0.369 e. The smallest absolute Gasteiger partial charge is 0.251 e. The van der Waals surface area contributed by atoms with Crippen LogP contribution in [0.3, 0.4) is 0 Å². The molecule has 0 unspecified atom stereocenters. The third-order valence-corrected chi connectivity index (χ3v) is 3.49. The highest BCUT2D eigenvalue weighted by molar-refractivity contribution is 5.94. The van der Waals surface area contributed by atoms with Crippen LogP contribution in [0.5, 0.6) is 0 Å². The molecule has 0 aliphatic carbocycles. The molecule has 0 spiro atoms. The predicted molar refractivity (Wildman–Crippen MR) is 94.7 cm³/mol. The number of rotatable bonds is 7. The molecule has 0 aliphatic heterocycles. The molecule has 0 saturated carbocycles. The fourth-order valence-corrected chi connectivity index (χ4v) is 2.37. The van der Waals surface area contributed by atoms with Crippen molar-refractivity contribution in [3.05, 3.63) is 29.8 Å². The van der Waals surface area contributed by atoms with Crippen molar-refractivity contribution in [3.8, 4) is 0 Å². The number of hydrogen-bond donors (Lipinski definition) is 2. The highest BCUT2D eigenvalue weighted by Crippen LogP contribution is 2.17. The lowest BCUT2D eigenvalue weighted by molar-refractivity contribution is 0.0953. The number of carbonyl (C=O) groups is 1. The molecule has 0 heterocycles. The van der Waals surface area contributed by atoms with Crippen LogP contribution in [0, 0.1) is 0 Å². The van der Waals surface area contributed by atoms with E-state index in [1.54, 1.807) is 0 Å². The van der Waals surface area contributed by atoms with Gasteiger partial charge in [-0.05, 0) is 65.8 Å². The monoisotopic (exact) mass is 305 g/mol. The molecule has 4 nitrogen and oxygen atoms in total. The van der Waals surface area contributed by atoms with Gasteiger partial charge in [-0.15, -0.1) is 0 Å². The molecule has 1 rings (SSSR count). The zero-order chi connectivity index (χ0) is 16.8. The second-order valence-corrected chi connectivity index (χ2v) is 6.86. The van der Waals surface area contributed by atoms with E-state index in [0.29, 0.717) is 18.2 Å². The highest BCUT2D eigenvalue weighted by atomic mass is 16.1. The van der Waals surface area contributed by atoms with E-state index >= 15 is 0 Å². The van der Waals surface area contributed by atoms with Crippen molar-refractivity contribution in [2.24, 2.45) is 0 Å². The number of amides is 1. The molecular formula is C18H31N3O. The van der Waals surface area contributed by atoms with E-state index in [1.807, 2.05) is 24.3 Å². The molecule has 22 heavy (non-hydrogen) atoms. The lowest BCUT2D eigenvalue weighted by Gasteiger charge is -2.27. The van der Waals surface area contributed by atoms with Crippen molar-refractivity contribution in [2.45, 2.75) is 53.1 Å². The van der Waals surface area contributed by atoms with Gasteiger partial charge in [0.1, 0.15) is 0 Å². The van der Waals surface area contributed by atoms with Crippen LogP contribution in [0.4, 0.5) is 5.69 Å². The summed E-state index contributed by atoms with van der Waals surface area (Å²) in [5.41, 5.74) is 1.94. The van der Waals surface area contributed by atoms with Crippen molar-refractivity contribution < 1.29 is 4.79 Å². The summed E-state index contributed by atoms with van der Waals surface area (Å²) in [6.45, 7) is 15.2. The fourth-order valence-electron chi connectivity index (χ4n) is 2.37. The van der Waals surface area contributed by atoms with Crippen LogP contribution in [0.2, 0.25) is 0 Å². The van der Waals surface area contributed by atoms with Crippen LogP contribution in [0.25, 0.3) is 0 Å². The van der Waals surface area contributed by atoms with Crippen LogP contribution < -0.4 is 15.5 Å². The second-order valence-electron chi connectivity index (χ2n) is 6.86. The summed E-state index contributed by atoms with van der Waals surface area (Å²) in [6, 6.07) is 8.28. The van der Waals surface area contributed by atoms with Crippen molar-refractivity contribution in [3.63, 3.8) is 0 Å². The first-order valence-corrected chi connectivity index (χ1v) is 8.14. The number of hydrogen-bond acceptors (Lipinski definition) is 3. The minimum atomic E-state index is -0.0187. The molecule has 1 aromatic carbocycles. The molecule has 0 aromatic heterocycles. The second kappa shape index (κ2) is 8.18. The topological polar surface area (TPSA) is 44.4 Å². The Morgan fingerprint density at radius 2 is 1.73 bits per heavy atom. The molecule has 4 heteroatoms. The normalized spacial score (nSPS) is 11.6. The van der Waals surface area contributed by atoms with Crippen molar-refractivity contribution >= 4 is 11.6 Å². The number of anilines is 1. The Bertz CT molecular complexity index is 460. The molecule has 1 aromatic rings. The van der Waals surface area contributed by atoms with Gasteiger partial charge in [-0.3, -0.25) is 4.79 Å². The van der Waals surface area contributed by atoms with Crippen LogP contribution in [-0.4, -0.2) is 37.1 Å². The van der Waals surface area contributed by atoms with Crippen molar-refractivity contribution in [1.82, 2.24) is 10.6 Å². The molecule has 0 fully saturated rings. The molecular weight excluding hydrogens is 274 g/mol. The predicted octanol–water partition coefficient (Wildman–Crippen LogP) is 3.04. The Balaban J connectivity index is 2.54. The Hall–Kier alpha value is -1.55. The maximum absolute atomic E-state index is 12.1. The van der Waals surface area contributed by atoms with Gasteiger partial charge in [-0.25, -0.2) is 0 Å². The van der Waals surface area contributed by atoms with Crippen LogP contribution in [-0.2, 0) is 0 Å². The third-order valence-electron chi connectivity index (χ3n) is 3.49. The van der Waals surface area contributed by atoms with Crippen LogP contribution >= 0.6 is 0 Å². The quantitative estimate of drug-likeness (QED) is 0.761. The van der Waals surface area contributed by atoms with Gasteiger partial charge in [-0.2, -0.15) is 0 Å². The maximum Gasteiger partial charge on any atom is 0.251 e. The number of nitrogens with one attached hydrogen (secondary N) is 2. The first-order valence-electron chi connectivity index (χ1n) is 8.14. The Morgan fingerprint density at radius 3 is 2.18 bits per heavy atom. The first-order chi connectivity index (χ1) is 10.2. The standard InChI is InChI=1S/C18H31N3O/c1-7-21(14(2)3)16-10-8-15(9-11-16)17(22)19-12-13-20-18(4,5)6/h8-11,14,20H,7,12-13H2,1-6H3,(H,19,22). The SMILES string of the molecule is CCN(c1ccc(C(=O)NCCNC(C)(C)C)cc1)C(C)C. The van der Waals surface area contributed by atoms with E-state index in [-0.39, 0.29) is 11.4 Å². The van der Waals surface area contributed by atoms with Crippen molar-refractivity contribution in [1.29, 1.82) is 0 Å². The number of carbonyl (C=O) groups excluding carboxylic acids is 1. The van der Waals surface area contributed by atoms with E-state index in [9.17, 15) is 4.79 Å². The molecule has 0 aliphatic rings. The first kappa shape index (κ1) is 18.5. The van der Waals surface area contributed by atoms with Crippen LogP contribution in [0.1, 0.15) is 51.9 Å². The zero-order valence-electron chi connectivity index (χ0n) is 14.9. The van der Waals surface area contributed by atoms with E-state index in [0.717, 1.165) is 18.8 Å². The molecule has 0 saturated heterocycles. The van der Waals surface area contributed by atoms with E-state index < -0.39 is 0 Å². The van der Waals surface area contributed by atoms with Gasteiger partial charge in [0.2, 0.25) is 0 Å². The molecule has 124 valence electrons. The summed E-state index contributed by atoms with van der Waals surface area (Å²) >= 11 is 0. The van der Waals surface area contributed by atoms with Gasteiger partial charge in [0.05, 0.1) is 0 Å². The van der Waals surface area contributed by atoms with Gasteiger partial charge in [-0.1, -0.05) is 0 Å². The summed E-state index contributed by atoms with van der Waals surface area (Å²) < 4.78 is 0. The third kappa shape index (κ3) is 6.06. The molecule has 0 bridgehead atoms. The van der Waals surface area contributed by atoms with Gasteiger partial charge in [0.25, 0.3) is 5.91 Å². The average Bonchev–Trinajstić information content (AvgIpc) is 2.43. The van der Waals surface area contributed by atoms with Gasteiger partial charge in [0.15, 0.2) is 0 Å². The number of benzene rings is 1. The molecule has 0 atom stereocenters.